The van der Waals surface area contributed by atoms with Gasteiger partial charge in [-0.2, -0.15) is 0 Å². The zero-order valence-electron chi connectivity index (χ0n) is 18.3. The molecule has 0 amide bonds. The van der Waals surface area contributed by atoms with E-state index in [1.807, 2.05) is 0 Å². The van der Waals surface area contributed by atoms with E-state index in [0.717, 1.165) is 0 Å². The van der Waals surface area contributed by atoms with Crippen molar-refractivity contribution in [2.75, 3.05) is 5.59 Å². The van der Waals surface area contributed by atoms with Gasteiger partial charge in [0.2, 0.25) is 5.69 Å². The van der Waals surface area contributed by atoms with E-state index in [1.54, 1.807) is 0 Å². The maximum Gasteiger partial charge on any atom is 0.289 e. The fourth-order valence-electron chi connectivity index (χ4n) is 5.75. The van der Waals surface area contributed by atoms with Crippen LogP contribution in [0.2, 0.25) is 0 Å². The topological polar surface area (TPSA) is 30.1 Å². The van der Waals surface area contributed by atoms with Crippen LogP contribution in [0.1, 0.15) is 69.7 Å². The summed E-state index contributed by atoms with van der Waals surface area (Å²) in [6.45, 7) is 2.38. The highest BCUT2D eigenvalue weighted by atomic mass is 16.7. The van der Waals surface area contributed by atoms with E-state index in [2.05, 4.69) is 82.4 Å². The average molecular weight is 415 g/mol. The van der Waals surface area contributed by atoms with E-state index >= 15 is 0 Å². The highest BCUT2D eigenvalue weighted by Gasteiger charge is 2.49. The molecule has 0 radical (unpaired) electrons. The summed E-state index contributed by atoms with van der Waals surface area (Å²) >= 11 is 0. The van der Waals surface area contributed by atoms with Crippen molar-refractivity contribution >= 4 is 0 Å². The van der Waals surface area contributed by atoms with Crippen LogP contribution in [0.5, 0.6) is 0 Å². The van der Waals surface area contributed by atoms with Crippen molar-refractivity contribution in [3.8, 4) is 22.5 Å². The zero-order valence-corrected chi connectivity index (χ0v) is 18.3. The fourth-order valence-corrected chi connectivity index (χ4v) is 5.75. The molecule has 2 saturated carbocycles. The van der Waals surface area contributed by atoms with E-state index in [9.17, 15) is 0 Å². The molecule has 6 rings (SSSR count). The molecule has 2 fully saturated rings. The third-order valence-corrected chi connectivity index (χ3v) is 7.41. The third kappa shape index (κ3) is 3.28. The van der Waals surface area contributed by atoms with Gasteiger partial charge in [0.25, 0.3) is 5.82 Å². The summed E-state index contributed by atoms with van der Waals surface area (Å²) in [7, 11) is 0. The van der Waals surface area contributed by atoms with Crippen LogP contribution in [-0.2, 0) is 4.84 Å². The first-order chi connectivity index (χ1) is 15.3. The molecule has 3 unspecified atom stereocenters. The molecule has 2 heterocycles. The molecule has 160 valence electrons. The number of rotatable bonds is 3. The second kappa shape index (κ2) is 7.83. The van der Waals surface area contributed by atoms with Crippen molar-refractivity contribution in [1.29, 1.82) is 0 Å². The SMILES string of the molecule is CC1CCCCCC2c3n(c(-c4ccccc4)c(-c4ccccc4)[n+]3C3CC3)NOC12. The lowest BCUT2D eigenvalue weighted by Crippen LogP contribution is -2.49. The van der Waals surface area contributed by atoms with Gasteiger partial charge in [0.1, 0.15) is 12.1 Å². The molecule has 0 spiro atoms. The highest BCUT2D eigenvalue weighted by molar-refractivity contribution is 5.77. The first-order valence-electron chi connectivity index (χ1n) is 12.1. The largest absolute Gasteiger partial charge is 0.289 e. The van der Waals surface area contributed by atoms with Crippen molar-refractivity contribution in [1.82, 2.24) is 4.68 Å². The maximum absolute atomic E-state index is 6.42. The van der Waals surface area contributed by atoms with Gasteiger partial charge in [0.15, 0.2) is 5.69 Å². The molecule has 4 heteroatoms. The van der Waals surface area contributed by atoms with Crippen LogP contribution in [0.4, 0.5) is 0 Å². The smallest absolute Gasteiger partial charge is 0.240 e. The summed E-state index contributed by atoms with van der Waals surface area (Å²) in [4.78, 5) is 6.42. The van der Waals surface area contributed by atoms with Gasteiger partial charge in [0.05, 0.1) is 5.92 Å². The van der Waals surface area contributed by atoms with Crippen LogP contribution >= 0.6 is 0 Å². The summed E-state index contributed by atoms with van der Waals surface area (Å²) in [6.07, 6.45) is 9.17. The number of benzene rings is 2. The second-order valence-corrected chi connectivity index (χ2v) is 9.62. The Labute approximate surface area is 184 Å². The molecule has 0 saturated heterocycles. The first-order valence-corrected chi connectivity index (χ1v) is 12.1. The fraction of sp³-hybridized carbons (Fsp3) is 0.444. The molecule has 2 aromatic carbocycles. The minimum Gasteiger partial charge on any atom is -0.240 e. The van der Waals surface area contributed by atoms with Gasteiger partial charge < -0.3 is 0 Å². The van der Waals surface area contributed by atoms with E-state index in [0.29, 0.717) is 17.9 Å². The molecule has 3 atom stereocenters. The predicted molar refractivity (Wildman–Crippen MR) is 123 cm³/mol. The Hall–Kier alpha value is -2.59. The Balaban J connectivity index is 1.62. The van der Waals surface area contributed by atoms with Gasteiger partial charge in [-0.1, -0.05) is 86.8 Å². The summed E-state index contributed by atoms with van der Waals surface area (Å²) in [5, 5.41) is 0. The summed E-state index contributed by atoms with van der Waals surface area (Å²) in [5.41, 5.74) is 8.49. The predicted octanol–water partition coefficient (Wildman–Crippen LogP) is 5.99. The molecule has 0 bridgehead atoms. The monoisotopic (exact) mass is 414 g/mol. The Morgan fingerprint density at radius 1 is 0.839 bits per heavy atom. The standard InChI is InChI=1S/C27H32N3O/c1-19-11-5-2-10-16-23-26(19)31-28-30-25(21-14-8-4-9-15-21)24(20-12-6-3-7-13-20)29(27(23)30)22-17-18-22/h3-4,6-9,12-15,19,22-23,26,28H,2,5,10-11,16-18H2,1H3/q+1. The lowest BCUT2D eigenvalue weighted by atomic mass is 9.81. The lowest BCUT2D eigenvalue weighted by molar-refractivity contribution is -0.699. The minimum atomic E-state index is 0.236. The molecule has 1 aromatic heterocycles. The average Bonchev–Trinajstić information content (AvgIpc) is 3.59. The van der Waals surface area contributed by atoms with Gasteiger partial charge in [-0.05, 0) is 31.6 Å². The molecule has 31 heavy (non-hydrogen) atoms. The zero-order chi connectivity index (χ0) is 20.8. The van der Waals surface area contributed by atoms with Gasteiger partial charge in [-0.15, -0.1) is 10.3 Å². The first kappa shape index (κ1) is 19.1. The van der Waals surface area contributed by atoms with Crippen LogP contribution in [-0.4, -0.2) is 10.8 Å². The Morgan fingerprint density at radius 3 is 2.23 bits per heavy atom. The van der Waals surface area contributed by atoms with E-state index in [-0.39, 0.29) is 6.10 Å². The molecule has 1 N–H and O–H groups in total. The molecule has 4 nitrogen and oxygen atoms in total. The number of hydrogen-bond donors (Lipinski definition) is 1. The van der Waals surface area contributed by atoms with Crippen LogP contribution in [0.3, 0.4) is 0 Å². The Kier molecular flexibility index (Phi) is 4.83. The number of hydrogen-bond acceptors (Lipinski definition) is 2. The van der Waals surface area contributed by atoms with E-state index in [1.165, 1.54) is 73.3 Å². The highest BCUT2D eigenvalue weighted by Crippen LogP contribution is 2.44. The number of aromatic nitrogens is 2. The van der Waals surface area contributed by atoms with Crippen LogP contribution in [0.15, 0.2) is 60.7 Å². The Bertz CT molecular complexity index is 1060. The van der Waals surface area contributed by atoms with E-state index in [4.69, 9.17) is 4.84 Å². The number of imidazole rings is 1. The van der Waals surface area contributed by atoms with Crippen molar-refractivity contribution in [2.24, 2.45) is 5.92 Å². The lowest BCUT2D eigenvalue weighted by Gasteiger charge is -2.34. The molecule has 1 aliphatic heterocycles. The number of nitrogens with one attached hydrogen (secondary N) is 1. The molecule has 2 aliphatic carbocycles. The quantitative estimate of drug-likeness (QED) is 0.534. The molecular formula is C27H32N3O+. The number of fused-ring (bicyclic) bond motifs is 3. The van der Waals surface area contributed by atoms with E-state index < -0.39 is 0 Å². The summed E-state index contributed by atoms with van der Waals surface area (Å²) in [5.74, 6) is 2.41. The van der Waals surface area contributed by atoms with Crippen molar-refractivity contribution < 1.29 is 9.40 Å². The van der Waals surface area contributed by atoms with Crippen LogP contribution in [0.25, 0.3) is 22.5 Å². The maximum atomic E-state index is 6.42. The molecular weight excluding hydrogens is 382 g/mol. The molecule has 3 aromatic rings. The Morgan fingerprint density at radius 2 is 1.52 bits per heavy atom. The summed E-state index contributed by atoms with van der Waals surface area (Å²) in [6, 6.07) is 22.3. The van der Waals surface area contributed by atoms with Crippen LogP contribution < -0.4 is 10.2 Å². The van der Waals surface area contributed by atoms with Gasteiger partial charge in [0, 0.05) is 11.1 Å². The second-order valence-electron chi connectivity index (χ2n) is 9.62. The molecule has 3 aliphatic rings. The van der Waals surface area contributed by atoms with Crippen molar-refractivity contribution in [3.63, 3.8) is 0 Å². The number of nitrogens with zero attached hydrogens (tertiary/aromatic N) is 2. The van der Waals surface area contributed by atoms with Gasteiger partial charge in [-0.3, -0.25) is 0 Å². The summed E-state index contributed by atoms with van der Waals surface area (Å²) < 4.78 is 4.96. The van der Waals surface area contributed by atoms with Crippen molar-refractivity contribution in [2.45, 2.75) is 69.9 Å². The van der Waals surface area contributed by atoms with Gasteiger partial charge >= 0.3 is 0 Å². The normalized spacial score (nSPS) is 25.6. The van der Waals surface area contributed by atoms with Crippen molar-refractivity contribution in [3.05, 3.63) is 66.5 Å². The third-order valence-electron chi connectivity index (χ3n) is 7.41. The minimum absolute atomic E-state index is 0.236. The van der Waals surface area contributed by atoms with Gasteiger partial charge in [-0.25, -0.2) is 9.40 Å². The van der Waals surface area contributed by atoms with Crippen LogP contribution in [0, 0.1) is 5.92 Å².